The number of esters is 1. The van der Waals surface area contributed by atoms with Crippen molar-refractivity contribution in [2.24, 2.45) is 34.5 Å². The maximum Gasteiger partial charge on any atom is 0.314 e. The summed E-state index contributed by atoms with van der Waals surface area (Å²) >= 11 is 0. The molecule has 7 atom stereocenters. The molecule has 1 aromatic rings. The predicted octanol–water partition coefficient (Wildman–Crippen LogP) is 4.51. The van der Waals surface area contributed by atoms with Gasteiger partial charge >= 0.3 is 5.97 Å². The van der Waals surface area contributed by atoms with E-state index >= 15 is 0 Å². The molecule has 31 heavy (non-hydrogen) atoms. The van der Waals surface area contributed by atoms with Crippen LogP contribution in [-0.2, 0) is 9.59 Å². The van der Waals surface area contributed by atoms with Gasteiger partial charge in [-0.25, -0.2) is 0 Å². The lowest BCUT2D eigenvalue weighted by molar-refractivity contribution is -0.147. The Balaban J connectivity index is 1.34. The maximum atomic E-state index is 13.2. The number of amides is 1. The second-order valence-electron chi connectivity index (χ2n) is 10.5. The van der Waals surface area contributed by atoms with Crippen molar-refractivity contribution < 1.29 is 19.1 Å². The number of fused-ring (bicyclic) bond motifs is 5. The van der Waals surface area contributed by atoms with Gasteiger partial charge in [-0.3, -0.25) is 9.59 Å². The van der Waals surface area contributed by atoms with Crippen molar-refractivity contribution in [2.45, 2.75) is 58.4 Å². The van der Waals surface area contributed by atoms with Gasteiger partial charge in [-0.2, -0.15) is 0 Å². The molecule has 5 heteroatoms. The highest BCUT2D eigenvalue weighted by atomic mass is 16.5. The number of nitrogens with one attached hydrogen (secondary N) is 1. The molecule has 0 bridgehead atoms. The van der Waals surface area contributed by atoms with Crippen molar-refractivity contribution in [1.29, 1.82) is 0 Å². The number of hydrogen-bond acceptors (Lipinski definition) is 4. The highest BCUT2D eigenvalue weighted by Crippen LogP contribution is 2.65. The van der Waals surface area contributed by atoms with Crippen LogP contribution in [0.25, 0.3) is 0 Å². The number of benzene rings is 1. The van der Waals surface area contributed by atoms with Gasteiger partial charge < -0.3 is 14.8 Å². The monoisotopic (exact) mass is 423 g/mol. The molecule has 5 nitrogen and oxygen atoms in total. The predicted molar refractivity (Wildman–Crippen MR) is 118 cm³/mol. The molecule has 3 aliphatic carbocycles. The Morgan fingerprint density at radius 2 is 1.74 bits per heavy atom. The van der Waals surface area contributed by atoms with Gasteiger partial charge in [-0.1, -0.05) is 19.9 Å². The number of carbonyl (C=O) groups excluding carboxylic acids is 2. The molecule has 0 spiro atoms. The smallest absolute Gasteiger partial charge is 0.314 e. The van der Waals surface area contributed by atoms with Crippen LogP contribution in [-0.4, -0.2) is 25.0 Å². The fourth-order valence-corrected chi connectivity index (χ4v) is 7.55. The maximum absolute atomic E-state index is 13.2. The van der Waals surface area contributed by atoms with Gasteiger partial charge in [0, 0.05) is 11.5 Å². The summed E-state index contributed by atoms with van der Waals surface area (Å²) in [7, 11) is 1.63. The van der Waals surface area contributed by atoms with E-state index in [4.69, 9.17) is 9.47 Å². The summed E-state index contributed by atoms with van der Waals surface area (Å²) in [5, 5.41) is 3.21. The molecular formula is C26H33NO4. The van der Waals surface area contributed by atoms with E-state index in [0.29, 0.717) is 23.5 Å². The number of methoxy groups -OCH3 is 1. The molecule has 3 saturated carbocycles. The fraction of sp³-hybridized carbons (Fsp3) is 0.615. The second-order valence-corrected chi connectivity index (χ2v) is 10.5. The first-order chi connectivity index (χ1) is 14.8. The zero-order valence-corrected chi connectivity index (χ0v) is 18.7. The second kappa shape index (κ2) is 7.39. The zero-order valence-electron chi connectivity index (χ0n) is 18.7. The number of ether oxygens (including phenoxy) is 2. The molecule has 1 aliphatic heterocycles. The molecule has 1 N–H and O–H groups in total. The van der Waals surface area contributed by atoms with Crippen LogP contribution >= 0.6 is 0 Å². The molecule has 1 heterocycles. The molecule has 166 valence electrons. The number of carbonyl (C=O) groups is 2. The van der Waals surface area contributed by atoms with E-state index in [9.17, 15) is 9.59 Å². The van der Waals surface area contributed by atoms with Gasteiger partial charge in [0.15, 0.2) is 0 Å². The number of rotatable bonds is 3. The molecule has 0 aromatic heterocycles. The van der Waals surface area contributed by atoms with Crippen molar-refractivity contribution in [3.63, 3.8) is 0 Å². The summed E-state index contributed by atoms with van der Waals surface area (Å²) < 4.78 is 11.0. The van der Waals surface area contributed by atoms with Crippen LogP contribution in [0.4, 0.5) is 0 Å². The van der Waals surface area contributed by atoms with Crippen molar-refractivity contribution in [3.8, 4) is 11.5 Å². The van der Waals surface area contributed by atoms with E-state index in [2.05, 4.69) is 25.2 Å². The van der Waals surface area contributed by atoms with Gasteiger partial charge in [-0.15, -0.1) is 0 Å². The third kappa shape index (κ3) is 3.19. The minimum Gasteiger partial charge on any atom is -0.497 e. The van der Waals surface area contributed by atoms with Gasteiger partial charge in [0.25, 0.3) is 0 Å². The Morgan fingerprint density at radius 3 is 2.48 bits per heavy atom. The van der Waals surface area contributed by atoms with Gasteiger partial charge in [0.05, 0.1) is 13.0 Å². The van der Waals surface area contributed by atoms with Crippen molar-refractivity contribution >= 4 is 11.9 Å². The third-order valence-corrected chi connectivity index (χ3v) is 9.25. The summed E-state index contributed by atoms with van der Waals surface area (Å²) in [6.07, 6.45) is 10.2. The molecular weight excluding hydrogens is 390 g/mol. The van der Waals surface area contributed by atoms with Crippen LogP contribution in [0, 0.1) is 34.5 Å². The highest BCUT2D eigenvalue weighted by molar-refractivity contribution is 5.89. The van der Waals surface area contributed by atoms with Gasteiger partial charge in [-0.05, 0) is 92.0 Å². The zero-order chi connectivity index (χ0) is 21.8. The van der Waals surface area contributed by atoms with Crippen molar-refractivity contribution in [2.75, 3.05) is 7.11 Å². The molecule has 0 unspecified atom stereocenters. The Hall–Kier alpha value is -2.30. The lowest BCUT2D eigenvalue weighted by atomic mass is 9.48. The van der Waals surface area contributed by atoms with E-state index in [1.54, 1.807) is 25.3 Å². The minimum absolute atomic E-state index is 0.00442. The van der Waals surface area contributed by atoms with Gasteiger partial charge in [0.1, 0.15) is 11.5 Å². The molecule has 4 aliphatic rings. The SMILES string of the molecule is COc1ccc(OC(=O)[C@H]2CC[C@H]3[C@@H]4CC[C@H]5NC(=O)C=C[C@]5(C)[C@H]4CC[C@]23C)cc1. The quantitative estimate of drug-likeness (QED) is 0.574. The van der Waals surface area contributed by atoms with E-state index in [0.717, 1.165) is 44.3 Å². The minimum atomic E-state index is -0.0849. The summed E-state index contributed by atoms with van der Waals surface area (Å²) in [6.45, 7) is 4.66. The molecule has 3 fully saturated rings. The van der Waals surface area contributed by atoms with Crippen LogP contribution in [0.5, 0.6) is 11.5 Å². The van der Waals surface area contributed by atoms with Crippen LogP contribution in [0.1, 0.15) is 52.4 Å². The van der Waals surface area contributed by atoms with E-state index < -0.39 is 0 Å². The topological polar surface area (TPSA) is 64.6 Å². The normalized spacial score (nSPS) is 40.9. The lowest BCUT2D eigenvalue weighted by Crippen LogP contribution is -2.59. The summed E-state index contributed by atoms with van der Waals surface area (Å²) in [6, 6.07) is 7.49. The van der Waals surface area contributed by atoms with Gasteiger partial charge in [0.2, 0.25) is 5.91 Å². The molecule has 1 amide bonds. The largest absolute Gasteiger partial charge is 0.497 e. The van der Waals surface area contributed by atoms with Crippen molar-refractivity contribution in [1.82, 2.24) is 5.32 Å². The highest BCUT2D eigenvalue weighted by Gasteiger charge is 2.61. The average Bonchev–Trinajstić information content (AvgIpc) is 3.12. The Bertz CT molecular complexity index is 908. The van der Waals surface area contributed by atoms with E-state index in [1.807, 2.05) is 12.1 Å². The molecule has 1 aromatic carbocycles. The van der Waals surface area contributed by atoms with E-state index in [1.165, 1.54) is 0 Å². The van der Waals surface area contributed by atoms with Crippen molar-refractivity contribution in [3.05, 3.63) is 36.4 Å². The Morgan fingerprint density at radius 1 is 1.00 bits per heavy atom. The summed E-state index contributed by atoms with van der Waals surface area (Å²) in [5.74, 6) is 2.97. The van der Waals surface area contributed by atoms with Crippen LogP contribution in [0.2, 0.25) is 0 Å². The summed E-state index contributed by atoms with van der Waals surface area (Å²) in [5.41, 5.74) is 0.0232. The molecule has 5 rings (SSSR count). The average molecular weight is 424 g/mol. The van der Waals surface area contributed by atoms with Crippen LogP contribution in [0.3, 0.4) is 0 Å². The first kappa shape index (κ1) is 20.6. The summed E-state index contributed by atoms with van der Waals surface area (Å²) in [4.78, 5) is 25.1. The molecule has 0 radical (unpaired) electrons. The van der Waals surface area contributed by atoms with E-state index in [-0.39, 0.29) is 34.7 Å². The number of hydrogen-bond donors (Lipinski definition) is 1. The lowest BCUT2D eigenvalue weighted by Gasteiger charge is -2.58. The Kier molecular flexibility index (Phi) is 4.91. The first-order valence-electron chi connectivity index (χ1n) is 11.7. The fourth-order valence-electron chi connectivity index (χ4n) is 7.55. The molecule has 0 saturated heterocycles. The standard InChI is InChI=1S/C26H33NO4/c1-25-14-12-20-18(8-11-22-26(20,2)15-13-23(28)27-22)19(25)9-10-21(25)24(29)31-17-6-4-16(30-3)5-7-17/h4-7,13,15,18-22H,8-12,14H2,1-3H3,(H,27,28)/t18-,19-,20-,21+,22+,25-,26+/m0/s1. The van der Waals surface area contributed by atoms with Crippen LogP contribution in [0.15, 0.2) is 36.4 Å². The third-order valence-electron chi connectivity index (χ3n) is 9.25. The Labute approximate surface area is 184 Å². The first-order valence-corrected chi connectivity index (χ1v) is 11.7. The van der Waals surface area contributed by atoms with Crippen LogP contribution < -0.4 is 14.8 Å².